The Morgan fingerprint density at radius 2 is 1.57 bits per heavy atom. The fourth-order valence-electron chi connectivity index (χ4n) is 2.60. The molecular formula is C20H26N2O7S. The summed E-state index contributed by atoms with van der Waals surface area (Å²) in [4.78, 5) is 12.3. The number of hydrogen-bond donors (Lipinski definition) is 1. The van der Waals surface area contributed by atoms with Crippen LogP contribution in [-0.4, -0.2) is 61.6 Å². The molecule has 1 amide bonds. The third-order valence-corrected chi connectivity index (χ3v) is 5.24. The molecule has 0 aliphatic rings. The second-order valence-electron chi connectivity index (χ2n) is 6.18. The van der Waals surface area contributed by atoms with Gasteiger partial charge in [-0.3, -0.25) is 9.10 Å². The number of nitrogens with one attached hydrogen (secondary N) is 1. The van der Waals surface area contributed by atoms with Crippen LogP contribution in [0, 0.1) is 0 Å². The molecule has 2 aromatic rings. The zero-order valence-electron chi connectivity index (χ0n) is 17.4. The van der Waals surface area contributed by atoms with Crippen molar-refractivity contribution in [1.29, 1.82) is 0 Å². The van der Waals surface area contributed by atoms with Crippen LogP contribution in [0.5, 0.6) is 23.0 Å². The van der Waals surface area contributed by atoms with E-state index < -0.39 is 15.9 Å². The van der Waals surface area contributed by atoms with Gasteiger partial charge in [0.15, 0.2) is 11.5 Å². The van der Waals surface area contributed by atoms with E-state index in [9.17, 15) is 13.2 Å². The predicted molar refractivity (Wildman–Crippen MR) is 113 cm³/mol. The van der Waals surface area contributed by atoms with Crippen LogP contribution in [0.1, 0.15) is 0 Å². The first-order chi connectivity index (χ1) is 14.3. The summed E-state index contributed by atoms with van der Waals surface area (Å²) in [6.07, 6.45) is 1.03. The number of sulfonamides is 1. The topological polar surface area (TPSA) is 103 Å². The quantitative estimate of drug-likeness (QED) is 0.532. The van der Waals surface area contributed by atoms with Crippen LogP contribution in [0.25, 0.3) is 0 Å². The molecule has 164 valence electrons. The lowest BCUT2D eigenvalue weighted by Crippen LogP contribution is -2.41. The Kier molecular flexibility index (Phi) is 8.16. The van der Waals surface area contributed by atoms with E-state index in [1.165, 1.54) is 20.3 Å². The van der Waals surface area contributed by atoms with E-state index in [4.69, 9.17) is 18.9 Å². The highest BCUT2D eigenvalue weighted by Crippen LogP contribution is 2.32. The SMILES string of the molecule is COc1ccc(OCCNC(=O)CN(c2ccc(OC)c(OC)c2)S(C)(=O)=O)cc1. The van der Waals surface area contributed by atoms with E-state index in [-0.39, 0.29) is 19.7 Å². The molecule has 10 heteroatoms. The molecule has 0 unspecified atom stereocenters. The van der Waals surface area contributed by atoms with Gasteiger partial charge in [-0.25, -0.2) is 8.42 Å². The molecule has 2 rings (SSSR count). The highest BCUT2D eigenvalue weighted by Gasteiger charge is 2.22. The maximum Gasteiger partial charge on any atom is 0.240 e. The number of rotatable bonds is 11. The van der Waals surface area contributed by atoms with Gasteiger partial charge in [0, 0.05) is 6.07 Å². The third kappa shape index (κ3) is 6.45. The van der Waals surface area contributed by atoms with Gasteiger partial charge in [0.2, 0.25) is 15.9 Å². The summed E-state index contributed by atoms with van der Waals surface area (Å²) in [6, 6.07) is 11.7. The molecule has 2 aromatic carbocycles. The minimum atomic E-state index is -3.70. The molecule has 1 N–H and O–H groups in total. The van der Waals surface area contributed by atoms with E-state index in [2.05, 4.69) is 5.32 Å². The van der Waals surface area contributed by atoms with Crippen molar-refractivity contribution < 1.29 is 32.2 Å². The van der Waals surface area contributed by atoms with Crippen LogP contribution < -0.4 is 28.6 Å². The van der Waals surface area contributed by atoms with E-state index in [0.717, 1.165) is 10.6 Å². The molecule has 0 aliphatic heterocycles. The monoisotopic (exact) mass is 438 g/mol. The van der Waals surface area contributed by atoms with Gasteiger partial charge in [-0.05, 0) is 36.4 Å². The molecule has 0 saturated heterocycles. The molecule has 0 atom stereocenters. The van der Waals surface area contributed by atoms with Crippen molar-refractivity contribution in [3.05, 3.63) is 42.5 Å². The number of nitrogens with zero attached hydrogens (tertiary/aromatic N) is 1. The lowest BCUT2D eigenvalue weighted by Gasteiger charge is -2.23. The number of methoxy groups -OCH3 is 3. The van der Waals surface area contributed by atoms with Crippen LogP contribution in [0.3, 0.4) is 0 Å². The molecule has 0 aliphatic carbocycles. The van der Waals surface area contributed by atoms with Crippen LogP contribution in [0.2, 0.25) is 0 Å². The largest absolute Gasteiger partial charge is 0.497 e. The summed E-state index contributed by atoms with van der Waals surface area (Å²) in [5, 5.41) is 2.65. The van der Waals surface area contributed by atoms with Crippen molar-refractivity contribution in [2.45, 2.75) is 0 Å². The highest BCUT2D eigenvalue weighted by molar-refractivity contribution is 7.92. The predicted octanol–water partition coefficient (Wildman–Crippen LogP) is 1.67. The summed E-state index contributed by atoms with van der Waals surface area (Å²) in [7, 11) is 0.798. The minimum Gasteiger partial charge on any atom is -0.497 e. The van der Waals surface area contributed by atoms with Gasteiger partial charge in [-0.2, -0.15) is 0 Å². The molecule has 9 nitrogen and oxygen atoms in total. The standard InChI is InChI=1S/C20H26N2O7S/c1-26-16-6-8-17(9-7-16)29-12-11-21-20(23)14-22(30(4,24)25)15-5-10-18(27-2)19(13-15)28-3/h5-10,13H,11-12,14H2,1-4H3,(H,21,23). The van der Waals surface area contributed by atoms with Gasteiger partial charge >= 0.3 is 0 Å². The molecule has 0 bridgehead atoms. The summed E-state index contributed by atoms with van der Waals surface area (Å²) in [6.45, 7) is 0.0680. The van der Waals surface area contributed by atoms with Crippen molar-refractivity contribution in [2.24, 2.45) is 0 Å². The minimum absolute atomic E-state index is 0.217. The summed E-state index contributed by atoms with van der Waals surface area (Å²) < 4.78 is 46.4. The Hall–Kier alpha value is -3.14. The van der Waals surface area contributed by atoms with Gasteiger partial charge in [0.05, 0.1) is 39.8 Å². The number of carbonyl (C=O) groups is 1. The average Bonchev–Trinajstić information content (AvgIpc) is 2.74. The molecule has 30 heavy (non-hydrogen) atoms. The van der Waals surface area contributed by atoms with E-state index >= 15 is 0 Å². The van der Waals surface area contributed by atoms with Crippen LogP contribution in [0.15, 0.2) is 42.5 Å². The first kappa shape index (κ1) is 23.1. The molecular weight excluding hydrogens is 412 g/mol. The maximum absolute atomic E-state index is 12.3. The zero-order valence-corrected chi connectivity index (χ0v) is 18.2. The second kappa shape index (κ2) is 10.6. The summed E-state index contributed by atoms with van der Waals surface area (Å²) >= 11 is 0. The van der Waals surface area contributed by atoms with Crippen LogP contribution >= 0.6 is 0 Å². The fraction of sp³-hybridized carbons (Fsp3) is 0.350. The Morgan fingerprint density at radius 3 is 2.13 bits per heavy atom. The Labute approximate surface area is 176 Å². The number of anilines is 1. The molecule has 0 spiro atoms. The van der Waals surface area contributed by atoms with E-state index in [1.807, 2.05) is 0 Å². The van der Waals surface area contributed by atoms with Gasteiger partial charge < -0.3 is 24.3 Å². The number of hydrogen-bond acceptors (Lipinski definition) is 7. The van der Waals surface area contributed by atoms with Gasteiger partial charge in [-0.15, -0.1) is 0 Å². The normalized spacial score (nSPS) is 10.8. The second-order valence-corrected chi connectivity index (χ2v) is 8.09. The zero-order chi connectivity index (χ0) is 22.1. The molecule has 0 radical (unpaired) electrons. The fourth-order valence-corrected chi connectivity index (χ4v) is 3.45. The van der Waals surface area contributed by atoms with Crippen LogP contribution in [-0.2, 0) is 14.8 Å². The summed E-state index contributed by atoms with van der Waals surface area (Å²) in [5.41, 5.74) is 0.291. The number of carbonyl (C=O) groups excluding carboxylic acids is 1. The molecule has 0 aromatic heterocycles. The number of benzene rings is 2. The Balaban J connectivity index is 1.95. The first-order valence-electron chi connectivity index (χ1n) is 9.01. The average molecular weight is 439 g/mol. The molecule has 0 fully saturated rings. The number of ether oxygens (including phenoxy) is 4. The number of amides is 1. The summed E-state index contributed by atoms with van der Waals surface area (Å²) in [5.74, 6) is 1.69. The maximum atomic E-state index is 12.3. The van der Waals surface area contributed by atoms with Crippen LogP contribution in [0.4, 0.5) is 5.69 Å². The lowest BCUT2D eigenvalue weighted by atomic mass is 10.2. The van der Waals surface area contributed by atoms with Crippen molar-refractivity contribution in [3.8, 4) is 23.0 Å². The highest BCUT2D eigenvalue weighted by atomic mass is 32.2. The van der Waals surface area contributed by atoms with E-state index in [1.54, 1.807) is 43.5 Å². The molecule has 0 heterocycles. The Bertz CT molecular complexity index is 946. The van der Waals surface area contributed by atoms with Crippen molar-refractivity contribution >= 4 is 21.6 Å². The third-order valence-electron chi connectivity index (χ3n) is 4.10. The van der Waals surface area contributed by atoms with Crippen molar-refractivity contribution in [1.82, 2.24) is 5.32 Å². The van der Waals surface area contributed by atoms with Gasteiger partial charge in [0.25, 0.3) is 0 Å². The molecule has 0 saturated carbocycles. The van der Waals surface area contributed by atoms with Gasteiger partial charge in [-0.1, -0.05) is 0 Å². The van der Waals surface area contributed by atoms with E-state index in [0.29, 0.717) is 28.7 Å². The van der Waals surface area contributed by atoms with Crippen molar-refractivity contribution in [2.75, 3.05) is 51.6 Å². The smallest absolute Gasteiger partial charge is 0.240 e. The van der Waals surface area contributed by atoms with Gasteiger partial charge in [0.1, 0.15) is 24.7 Å². The lowest BCUT2D eigenvalue weighted by molar-refractivity contribution is -0.119. The first-order valence-corrected chi connectivity index (χ1v) is 10.9. The Morgan fingerprint density at radius 1 is 0.933 bits per heavy atom. The van der Waals surface area contributed by atoms with Crippen molar-refractivity contribution in [3.63, 3.8) is 0 Å².